The van der Waals surface area contributed by atoms with Crippen molar-refractivity contribution in [2.75, 3.05) is 4.90 Å². The first-order valence-corrected chi connectivity index (χ1v) is 13.2. The second-order valence-corrected chi connectivity index (χ2v) is 10.3. The zero-order valence-electron chi connectivity index (χ0n) is 19.4. The van der Waals surface area contributed by atoms with Gasteiger partial charge in [-0.1, -0.05) is 84.6 Å². The molecule has 1 aliphatic rings. The Morgan fingerprint density at radius 2 is 1.69 bits per heavy atom. The number of ketones is 1. The predicted molar refractivity (Wildman–Crippen MR) is 141 cm³/mol. The number of thioether (sulfide) groups is 1. The van der Waals surface area contributed by atoms with Crippen LogP contribution in [0, 0.1) is 0 Å². The molecule has 5 rings (SSSR count). The Kier molecular flexibility index (Phi) is 6.92. The third kappa shape index (κ3) is 4.67. The maximum Gasteiger partial charge on any atom is 0.301 e. The van der Waals surface area contributed by atoms with Crippen LogP contribution in [0.25, 0.3) is 5.76 Å². The van der Waals surface area contributed by atoms with Crippen LogP contribution in [0.15, 0.2) is 89.0 Å². The summed E-state index contributed by atoms with van der Waals surface area (Å²) in [5.74, 6) is -1.04. The van der Waals surface area contributed by atoms with E-state index in [0.29, 0.717) is 26.4 Å². The smallest absolute Gasteiger partial charge is 0.301 e. The van der Waals surface area contributed by atoms with Crippen molar-refractivity contribution in [3.8, 4) is 0 Å². The highest BCUT2D eigenvalue weighted by molar-refractivity contribution is 8.00. The molecule has 2 aromatic heterocycles. The highest BCUT2D eigenvalue weighted by Crippen LogP contribution is 2.44. The van der Waals surface area contributed by atoms with Gasteiger partial charge in [-0.05, 0) is 35.2 Å². The van der Waals surface area contributed by atoms with E-state index in [1.54, 1.807) is 12.1 Å². The van der Waals surface area contributed by atoms with Crippen LogP contribution in [0.5, 0.6) is 0 Å². The van der Waals surface area contributed by atoms with Gasteiger partial charge in [0.2, 0.25) is 5.13 Å². The van der Waals surface area contributed by atoms with Crippen molar-refractivity contribution in [3.05, 3.63) is 107 Å². The lowest BCUT2D eigenvalue weighted by Gasteiger charge is -2.22. The number of aliphatic hydroxyl groups is 1. The monoisotopic (exact) mass is 514 g/mol. The summed E-state index contributed by atoms with van der Waals surface area (Å²) in [7, 11) is 0. The van der Waals surface area contributed by atoms with Gasteiger partial charge in [0.15, 0.2) is 4.34 Å². The van der Waals surface area contributed by atoms with E-state index in [2.05, 4.69) is 22.1 Å². The van der Waals surface area contributed by atoms with Crippen LogP contribution in [0.2, 0.25) is 0 Å². The first-order chi connectivity index (χ1) is 17.6. The lowest BCUT2D eigenvalue weighted by atomic mass is 9.95. The maximum atomic E-state index is 13.3. The summed E-state index contributed by atoms with van der Waals surface area (Å²) in [4.78, 5) is 31.9. The third-order valence-electron chi connectivity index (χ3n) is 5.91. The van der Waals surface area contributed by atoms with E-state index in [4.69, 9.17) is 0 Å². The number of amides is 1. The van der Waals surface area contributed by atoms with Gasteiger partial charge in [0.05, 0.1) is 11.6 Å². The molecule has 1 fully saturated rings. The molecule has 36 heavy (non-hydrogen) atoms. The summed E-state index contributed by atoms with van der Waals surface area (Å²) in [5.41, 5.74) is 3.41. The molecule has 1 saturated heterocycles. The van der Waals surface area contributed by atoms with Crippen LogP contribution < -0.4 is 4.90 Å². The van der Waals surface area contributed by atoms with Crippen molar-refractivity contribution in [1.82, 2.24) is 15.2 Å². The van der Waals surface area contributed by atoms with Gasteiger partial charge in [-0.2, -0.15) is 0 Å². The van der Waals surface area contributed by atoms with E-state index in [1.807, 2.05) is 54.6 Å². The van der Waals surface area contributed by atoms with Gasteiger partial charge in [-0.15, -0.1) is 10.2 Å². The number of carbonyl (C=O) groups is 2. The standard InChI is InChI=1S/C27H22N4O3S2/c1-2-17-8-10-19(11-9-17)22-21(23(32)20-12-14-28-15-13-20)24(33)25(34)31(22)26-29-30-27(36-26)35-16-18-6-4-3-5-7-18/h3-15,22,32H,2,16H2,1H3. The molecule has 1 amide bonds. The lowest BCUT2D eigenvalue weighted by Crippen LogP contribution is -2.29. The van der Waals surface area contributed by atoms with Gasteiger partial charge in [0.1, 0.15) is 5.76 Å². The van der Waals surface area contributed by atoms with Gasteiger partial charge in [0.25, 0.3) is 5.78 Å². The number of aliphatic hydroxyl groups excluding tert-OH is 1. The molecule has 0 aliphatic carbocycles. The van der Waals surface area contributed by atoms with Gasteiger partial charge in [-0.3, -0.25) is 19.5 Å². The maximum absolute atomic E-state index is 13.3. The van der Waals surface area contributed by atoms with Crippen LogP contribution >= 0.6 is 23.1 Å². The van der Waals surface area contributed by atoms with Crippen LogP contribution in [-0.4, -0.2) is 32.0 Å². The minimum absolute atomic E-state index is 0.0177. The Labute approximate surface area is 216 Å². The van der Waals surface area contributed by atoms with Crippen molar-refractivity contribution < 1.29 is 14.7 Å². The summed E-state index contributed by atoms with van der Waals surface area (Å²) in [6.45, 7) is 2.06. The highest BCUT2D eigenvalue weighted by atomic mass is 32.2. The lowest BCUT2D eigenvalue weighted by molar-refractivity contribution is -0.132. The number of benzene rings is 2. The molecule has 1 atom stereocenters. The van der Waals surface area contributed by atoms with E-state index in [9.17, 15) is 14.7 Å². The molecular weight excluding hydrogens is 492 g/mol. The predicted octanol–water partition coefficient (Wildman–Crippen LogP) is 5.41. The van der Waals surface area contributed by atoms with Crippen LogP contribution in [0.3, 0.4) is 0 Å². The highest BCUT2D eigenvalue weighted by Gasteiger charge is 2.48. The molecular formula is C27H22N4O3S2. The van der Waals surface area contributed by atoms with Gasteiger partial charge < -0.3 is 5.11 Å². The number of carbonyl (C=O) groups excluding carboxylic acids is 2. The molecule has 4 aromatic rings. The zero-order chi connectivity index (χ0) is 25.1. The van der Waals surface area contributed by atoms with Crippen molar-refractivity contribution in [3.63, 3.8) is 0 Å². The summed E-state index contributed by atoms with van der Waals surface area (Å²) < 4.78 is 0.685. The molecule has 180 valence electrons. The minimum atomic E-state index is -0.830. The van der Waals surface area contributed by atoms with E-state index >= 15 is 0 Å². The number of hydrogen-bond donors (Lipinski definition) is 1. The largest absolute Gasteiger partial charge is 0.507 e. The Morgan fingerprint density at radius 1 is 0.972 bits per heavy atom. The number of aromatic nitrogens is 3. The van der Waals surface area contributed by atoms with Crippen LogP contribution in [-0.2, 0) is 21.8 Å². The summed E-state index contributed by atoms with van der Waals surface area (Å²) in [6.07, 6.45) is 3.91. The van der Waals surface area contributed by atoms with Gasteiger partial charge in [-0.25, -0.2) is 0 Å². The van der Waals surface area contributed by atoms with E-state index in [-0.39, 0.29) is 11.3 Å². The molecule has 9 heteroatoms. The summed E-state index contributed by atoms with van der Waals surface area (Å²) >= 11 is 2.76. The molecule has 0 radical (unpaired) electrons. The average Bonchev–Trinajstić information content (AvgIpc) is 3.50. The minimum Gasteiger partial charge on any atom is -0.507 e. The molecule has 0 saturated carbocycles. The topological polar surface area (TPSA) is 96.3 Å². The van der Waals surface area contributed by atoms with Crippen molar-refractivity contribution >= 4 is 45.7 Å². The van der Waals surface area contributed by atoms with Crippen molar-refractivity contribution in [1.29, 1.82) is 0 Å². The first-order valence-electron chi connectivity index (χ1n) is 11.4. The molecule has 7 nitrogen and oxygen atoms in total. The number of rotatable bonds is 7. The second kappa shape index (κ2) is 10.4. The van der Waals surface area contributed by atoms with E-state index in [0.717, 1.165) is 17.5 Å². The molecule has 0 bridgehead atoms. The van der Waals surface area contributed by atoms with Crippen molar-refractivity contribution in [2.45, 2.75) is 29.5 Å². The first kappa shape index (κ1) is 23.9. The number of nitrogens with zero attached hydrogens (tertiary/aromatic N) is 4. The van der Waals surface area contributed by atoms with Crippen LogP contribution in [0.4, 0.5) is 5.13 Å². The molecule has 1 aliphatic heterocycles. The fraction of sp³-hybridized carbons (Fsp3) is 0.148. The fourth-order valence-electron chi connectivity index (χ4n) is 4.02. The summed E-state index contributed by atoms with van der Waals surface area (Å²) in [5, 5.41) is 20.0. The fourth-order valence-corrected chi connectivity index (χ4v) is 5.85. The van der Waals surface area contributed by atoms with Crippen molar-refractivity contribution in [2.24, 2.45) is 0 Å². The van der Waals surface area contributed by atoms with Gasteiger partial charge in [0, 0.05) is 23.7 Å². The zero-order valence-corrected chi connectivity index (χ0v) is 21.0. The third-order valence-corrected chi connectivity index (χ3v) is 8.04. The Bertz CT molecular complexity index is 1420. The van der Waals surface area contributed by atoms with E-state index < -0.39 is 17.7 Å². The number of aryl methyl sites for hydroxylation is 1. The van der Waals surface area contributed by atoms with Crippen LogP contribution in [0.1, 0.15) is 35.2 Å². The summed E-state index contributed by atoms with van der Waals surface area (Å²) in [6, 6.07) is 20.1. The van der Waals surface area contributed by atoms with Gasteiger partial charge >= 0.3 is 5.91 Å². The average molecular weight is 515 g/mol. The Balaban J connectivity index is 1.54. The number of pyridine rings is 1. The molecule has 3 heterocycles. The number of hydrogen-bond acceptors (Lipinski definition) is 8. The molecule has 2 aromatic carbocycles. The molecule has 1 unspecified atom stereocenters. The normalized spacial score (nSPS) is 17.0. The molecule has 0 spiro atoms. The SMILES string of the molecule is CCc1ccc(C2C(=C(O)c3ccncc3)C(=O)C(=O)N2c2nnc(SCc3ccccc3)s2)cc1. The van der Waals surface area contributed by atoms with E-state index in [1.165, 1.54) is 40.4 Å². The number of Topliss-reactive ketones (excluding diaryl/α,β-unsaturated/α-hetero) is 1. The Hall–Kier alpha value is -3.82. The quantitative estimate of drug-likeness (QED) is 0.116. The number of anilines is 1. The molecule has 1 N–H and O–H groups in total. The Morgan fingerprint density at radius 3 is 2.39 bits per heavy atom. The second-order valence-electron chi connectivity index (χ2n) is 8.12.